The largest absolute Gasteiger partial charge is 0.317 e. The summed E-state index contributed by atoms with van der Waals surface area (Å²) in [4.78, 5) is 0. The number of benzene rings is 1. The first-order chi connectivity index (χ1) is 6.63. The van der Waals surface area contributed by atoms with Gasteiger partial charge in [-0.25, -0.2) is 4.39 Å². The monoisotopic (exact) mass is 259 g/mol. The maximum absolute atomic E-state index is 13.7. The summed E-state index contributed by atoms with van der Waals surface area (Å²) in [5.74, 6) is 0. The van der Waals surface area contributed by atoms with Crippen LogP contribution < -0.4 is 5.32 Å². The molecule has 1 aromatic carbocycles. The third-order valence-electron chi connectivity index (χ3n) is 2.26. The number of rotatable bonds is 4. The van der Waals surface area contributed by atoms with Crippen LogP contribution in [-0.2, 0) is 0 Å². The molecule has 0 aliphatic carbocycles. The molecular weight excluding hydrogens is 245 g/mol. The average Bonchev–Trinajstić information content (AvgIpc) is 2.17. The minimum atomic E-state index is -0.894. The Kier molecular flexibility index (Phi) is 4.55. The van der Waals surface area contributed by atoms with Crippen LogP contribution in [0.25, 0.3) is 0 Å². The van der Waals surface area contributed by atoms with Gasteiger partial charge in [-0.05, 0) is 38.1 Å². The molecular formula is C11H15BrFN. The third-order valence-corrected chi connectivity index (χ3v) is 2.76. The zero-order chi connectivity index (χ0) is 10.6. The quantitative estimate of drug-likeness (QED) is 0.874. The first kappa shape index (κ1) is 11.7. The molecule has 1 rings (SSSR count). The molecule has 2 atom stereocenters. The molecule has 3 heteroatoms. The number of hydrogen-bond acceptors (Lipinski definition) is 1. The summed E-state index contributed by atoms with van der Waals surface area (Å²) >= 11 is 3.33. The minimum absolute atomic E-state index is 0.198. The van der Waals surface area contributed by atoms with Crippen LogP contribution in [0.4, 0.5) is 4.39 Å². The van der Waals surface area contributed by atoms with E-state index in [2.05, 4.69) is 21.2 Å². The lowest BCUT2D eigenvalue weighted by Gasteiger charge is -2.14. The highest BCUT2D eigenvalue weighted by molar-refractivity contribution is 9.10. The van der Waals surface area contributed by atoms with Gasteiger partial charge in [-0.2, -0.15) is 0 Å². The first-order valence-corrected chi connectivity index (χ1v) is 5.49. The molecule has 1 nitrogen and oxygen atoms in total. The molecule has 0 aromatic heterocycles. The summed E-state index contributed by atoms with van der Waals surface area (Å²) in [6.45, 7) is 1.98. The molecule has 1 N–H and O–H groups in total. The SMILES string of the molecule is CNC(C)CC(F)c1cccc(Br)c1. The summed E-state index contributed by atoms with van der Waals surface area (Å²) < 4.78 is 14.6. The average molecular weight is 260 g/mol. The molecule has 0 bridgehead atoms. The Balaban J connectivity index is 2.64. The maximum Gasteiger partial charge on any atom is 0.127 e. The van der Waals surface area contributed by atoms with Gasteiger partial charge >= 0.3 is 0 Å². The van der Waals surface area contributed by atoms with Crippen molar-refractivity contribution in [2.45, 2.75) is 25.6 Å². The molecule has 0 saturated heterocycles. The Labute approximate surface area is 92.8 Å². The van der Waals surface area contributed by atoms with Gasteiger partial charge in [0.1, 0.15) is 6.17 Å². The van der Waals surface area contributed by atoms with Crippen LogP contribution in [0.1, 0.15) is 25.1 Å². The van der Waals surface area contributed by atoms with Crippen LogP contribution in [0.5, 0.6) is 0 Å². The summed E-state index contributed by atoms with van der Waals surface area (Å²) in [6, 6.07) is 7.60. The van der Waals surface area contributed by atoms with Crippen LogP contribution in [0.2, 0.25) is 0 Å². The first-order valence-electron chi connectivity index (χ1n) is 4.70. The fourth-order valence-electron chi connectivity index (χ4n) is 1.27. The van der Waals surface area contributed by atoms with Gasteiger partial charge in [-0.15, -0.1) is 0 Å². The van der Waals surface area contributed by atoms with E-state index < -0.39 is 6.17 Å². The number of halogens is 2. The zero-order valence-corrected chi connectivity index (χ0v) is 10.0. The number of alkyl halides is 1. The van der Waals surface area contributed by atoms with Gasteiger partial charge in [0.15, 0.2) is 0 Å². The van der Waals surface area contributed by atoms with E-state index in [-0.39, 0.29) is 6.04 Å². The van der Waals surface area contributed by atoms with Crippen LogP contribution in [0.15, 0.2) is 28.7 Å². The summed E-state index contributed by atoms with van der Waals surface area (Å²) in [7, 11) is 1.85. The van der Waals surface area contributed by atoms with Gasteiger partial charge in [-0.3, -0.25) is 0 Å². The lowest BCUT2D eigenvalue weighted by Crippen LogP contribution is -2.22. The Morgan fingerprint density at radius 2 is 2.21 bits per heavy atom. The molecule has 0 fully saturated rings. The Hall–Kier alpha value is -0.410. The Morgan fingerprint density at radius 3 is 2.79 bits per heavy atom. The van der Waals surface area contributed by atoms with E-state index in [1.54, 1.807) is 0 Å². The molecule has 0 spiro atoms. The van der Waals surface area contributed by atoms with E-state index >= 15 is 0 Å². The molecule has 2 unspecified atom stereocenters. The van der Waals surface area contributed by atoms with Gasteiger partial charge in [0.2, 0.25) is 0 Å². The summed E-state index contributed by atoms with van der Waals surface area (Å²) in [6.07, 6.45) is -0.387. The molecule has 0 saturated carbocycles. The fraction of sp³-hybridized carbons (Fsp3) is 0.455. The van der Waals surface area contributed by atoms with E-state index in [1.807, 2.05) is 38.2 Å². The second kappa shape index (κ2) is 5.47. The van der Waals surface area contributed by atoms with Gasteiger partial charge in [0.25, 0.3) is 0 Å². The van der Waals surface area contributed by atoms with Crippen molar-refractivity contribution in [1.29, 1.82) is 0 Å². The topological polar surface area (TPSA) is 12.0 Å². The normalized spacial score (nSPS) is 15.1. The second-order valence-corrected chi connectivity index (χ2v) is 4.36. The molecule has 0 amide bonds. The van der Waals surface area contributed by atoms with Crippen molar-refractivity contribution in [2.75, 3.05) is 7.05 Å². The van der Waals surface area contributed by atoms with E-state index in [1.165, 1.54) is 0 Å². The van der Waals surface area contributed by atoms with E-state index in [9.17, 15) is 4.39 Å². The smallest absolute Gasteiger partial charge is 0.127 e. The van der Waals surface area contributed by atoms with Crippen molar-refractivity contribution in [3.8, 4) is 0 Å². The van der Waals surface area contributed by atoms with Crippen LogP contribution >= 0.6 is 15.9 Å². The van der Waals surface area contributed by atoms with Gasteiger partial charge < -0.3 is 5.32 Å². The van der Waals surface area contributed by atoms with Crippen molar-refractivity contribution >= 4 is 15.9 Å². The van der Waals surface area contributed by atoms with Crippen molar-refractivity contribution < 1.29 is 4.39 Å². The predicted octanol–water partition coefficient (Wildman–Crippen LogP) is 3.46. The van der Waals surface area contributed by atoms with Crippen molar-refractivity contribution in [2.24, 2.45) is 0 Å². The number of nitrogens with one attached hydrogen (secondary N) is 1. The second-order valence-electron chi connectivity index (χ2n) is 3.45. The van der Waals surface area contributed by atoms with Crippen LogP contribution in [0.3, 0.4) is 0 Å². The minimum Gasteiger partial charge on any atom is -0.317 e. The Bertz CT molecular complexity index is 290. The summed E-state index contributed by atoms with van der Waals surface area (Å²) in [5, 5.41) is 3.03. The standard InChI is InChI=1S/C11H15BrFN/c1-8(14-2)6-11(13)9-4-3-5-10(12)7-9/h3-5,7-8,11,14H,6H2,1-2H3. The fourth-order valence-corrected chi connectivity index (χ4v) is 1.68. The van der Waals surface area contributed by atoms with Gasteiger partial charge in [0.05, 0.1) is 0 Å². The van der Waals surface area contributed by atoms with E-state index in [4.69, 9.17) is 0 Å². The van der Waals surface area contributed by atoms with Crippen molar-refractivity contribution in [3.05, 3.63) is 34.3 Å². The Morgan fingerprint density at radius 1 is 1.50 bits per heavy atom. The summed E-state index contributed by atoms with van der Waals surface area (Å²) in [5.41, 5.74) is 0.737. The highest BCUT2D eigenvalue weighted by atomic mass is 79.9. The predicted molar refractivity (Wildman–Crippen MR) is 61.1 cm³/mol. The van der Waals surface area contributed by atoms with Crippen molar-refractivity contribution in [1.82, 2.24) is 5.32 Å². The zero-order valence-electron chi connectivity index (χ0n) is 8.43. The van der Waals surface area contributed by atoms with Crippen LogP contribution in [-0.4, -0.2) is 13.1 Å². The molecule has 0 radical (unpaired) electrons. The van der Waals surface area contributed by atoms with E-state index in [0.717, 1.165) is 10.0 Å². The van der Waals surface area contributed by atoms with Crippen molar-refractivity contribution in [3.63, 3.8) is 0 Å². The molecule has 0 aliphatic heterocycles. The van der Waals surface area contributed by atoms with Gasteiger partial charge in [-0.1, -0.05) is 28.1 Å². The molecule has 78 valence electrons. The number of hydrogen-bond donors (Lipinski definition) is 1. The van der Waals surface area contributed by atoms with Gasteiger partial charge in [0, 0.05) is 10.5 Å². The van der Waals surface area contributed by atoms with Crippen LogP contribution in [0, 0.1) is 0 Å². The molecule has 1 aromatic rings. The molecule has 14 heavy (non-hydrogen) atoms. The third kappa shape index (κ3) is 3.39. The molecule has 0 aliphatic rings. The lowest BCUT2D eigenvalue weighted by atomic mass is 10.0. The highest BCUT2D eigenvalue weighted by Crippen LogP contribution is 2.24. The maximum atomic E-state index is 13.7. The lowest BCUT2D eigenvalue weighted by molar-refractivity contribution is 0.295. The highest BCUT2D eigenvalue weighted by Gasteiger charge is 2.12. The molecule has 0 heterocycles. The van der Waals surface area contributed by atoms with E-state index in [0.29, 0.717) is 6.42 Å².